The van der Waals surface area contributed by atoms with Crippen LogP contribution in [0.3, 0.4) is 0 Å². The van der Waals surface area contributed by atoms with E-state index in [9.17, 15) is 9.59 Å². The van der Waals surface area contributed by atoms with Crippen molar-refractivity contribution >= 4 is 33.6 Å². The van der Waals surface area contributed by atoms with Crippen LogP contribution in [0.25, 0.3) is 0 Å². The number of hydrogen-bond acceptors (Lipinski definition) is 3. The van der Waals surface area contributed by atoms with E-state index >= 15 is 0 Å². The number of anilines is 1. The number of nitrogens with one attached hydrogen (secondary N) is 2. The van der Waals surface area contributed by atoms with E-state index in [1.165, 1.54) is 0 Å². The van der Waals surface area contributed by atoms with Crippen molar-refractivity contribution in [3.8, 4) is 6.07 Å². The number of carboxylic acid groups (broad SMARTS) is 1. The first-order valence-corrected chi connectivity index (χ1v) is 7.20. The molecule has 21 heavy (non-hydrogen) atoms. The third-order valence-corrected chi connectivity index (χ3v) is 3.52. The molecule has 1 aromatic carbocycles. The average molecular weight is 354 g/mol. The van der Waals surface area contributed by atoms with Crippen LogP contribution in [0.15, 0.2) is 22.7 Å². The van der Waals surface area contributed by atoms with Crippen molar-refractivity contribution in [2.24, 2.45) is 5.92 Å². The van der Waals surface area contributed by atoms with Crippen LogP contribution in [0, 0.1) is 17.2 Å². The van der Waals surface area contributed by atoms with E-state index in [1.807, 2.05) is 6.07 Å². The maximum atomic E-state index is 11.7. The zero-order valence-electron chi connectivity index (χ0n) is 11.5. The molecule has 0 aliphatic carbocycles. The number of carboxylic acids is 1. The Morgan fingerprint density at radius 1 is 1.48 bits per heavy atom. The Kier molecular flexibility index (Phi) is 6.69. The number of aliphatic carboxylic acids is 1. The van der Waals surface area contributed by atoms with E-state index in [0.29, 0.717) is 35.1 Å². The summed E-state index contributed by atoms with van der Waals surface area (Å²) in [6.07, 6.45) is 1.10. The standard InChI is InChI=1S/C14H16BrN3O3/c1-9(13(19)20)3-2-6-17-14(21)18-12-5-4-10(8-16)7-11(12)15/h4-5,7,9H,2-3,6H2,1H3,(H,19,20)(H2,17,18,21). The van der Waals surface area contributed by atoms with Crippen LogP contribution < -0.4 is 10.6 Å². The van der Waals surface area contributed by atoms with Gasteiger partial charge in [-0.15, -0.1) is 0 Å². The molecule has 0 heterocycles. The van der Waals surface area contributed by atoms with Crippen molar-refractivity contribution in [3.05, 3.63) is 28.2 Å². The molecule has 0 saturated carbocycles. The molecule has 0 radical (unpaired) electrons. The highest BCUT2D eigenvalue weighted by Gasteiger charge is 2.10. The highest BCUT2D eigenvalue weighted by Crippen LogP contribution is 2.23. The molecule has 0 aliphatic heterocycles. The van der Waals surface area contributed by atoms with Gasteiger partial charge in [0, 0.05) is 11.0 Å². The van der Waals surface area contributed by atoms with Crippen LogP contribution in [0.2, 0.25) is 0 Å². The second kappa shape index (κ2) is 8.27. The molecule has 7 heteroatoms. The number of rotatable bonds is 6. The number of carbonyl (C=O) groups is 2. The molecule has 1 atom stereocenters. The summed E-state index contributed by atoms with van der Waals surface area (Å²) < 4.78 is 0.621. The molecule has 0 spiro atoms. The van der Waals surface area contributed by atoms with Gasteiger partial charge in [-0.05, 0) is 47.0 Å². The molecule has 0 bridgehead atoms. The van der Waals surface area contributed by atoms with Gasteiger partial charge in [-0.3, -0.25) is 4.79 Å². The number of amides is 2. The van der Waals surface area contributed by atoms with E-state index in [2.05, 4.69) is 26.6 Å². The van der Waals surface area contributed by atoms with Crippen LogP contribution in [0.4, 0.5) is 10.5 Å². The van der Waals surface area contributed by atoms with Gasteiger partial charge in [0.15, 0.2) is 0 Å². The quantitative estimate of drug-likeness (QED) is 0.684. The highest BCUT2D eigenvalue weighted by molar-refractivity contribution is 9.10. The number of halogens is 1. The van der Waals surface area contributed by atoms with Gasteiger partial charge in [-0.25, -0.2) is 4.79 Å². The summed E-state index contributed by atoms with van der Waals surface area (Å²) in [5.41, 5.74) is 1.06. The Morgan fingerprint density at radius 2 is 2.19 bits per heavy atom. The van der Waals surface area contributed by atoms with Crippen LogP contribution >= 0.6 is 15.9 Å². The van der Waals surface area contributed by atoms with Gasteiger partial charge in [0.25, 0.3) is 0 Å². The van der Waals surface area contributed by atoms with Gasteiger partial charge in [-0.2, -0.15) is 5.26 Å². The first-order chi connectivity index (χ1) is 9.93. The molecule has 0 aliphatic rings. The van der Waals surface area contributed by atoms with Gasteiger partial charge >= 0.3 is 12.0 Å². The SMILES string of the molecule is CC(CCCNC(=O)Nc1ccc(C#N)cc1Br)C(=O)O. The monoisotopic (exact) mass is 353 g/mol. The third kappa shape index (κ3) is 5.83. The molecule has 3 N–H and O–H groups in total. The summed E-state index contributed by atoms with van der Waals surface area (Å²) in [4.78, 5) is 22.3. The van der Waals surface area contributed by atoms with Crippen molar-refractivity contribution in [2.45, 2.75) is 19.8 Å². The molecule has 6 nitrogen and oxygen atoms in total. The Hall–Kier alpha value is -2.07. The summed E-state index contributed by atoms with van der Waals surface area (Å²) in [6.45, 7) is 2.04. The number of urea groups is 1. The Bertz CT molecular complexity index is 569. The minimum absolute atomic E-state index is 0.372. The predicted molar refractivity (Wildman–Crippen MR) is 81.9 cm³/mol. The number of hydrogen-bond donors (Lipinski definition) is 3. The minimum atomic E-state index is -0.832. The molecule has 0 aromatic heterocycles. The zero-order valence-corrected chi connectivity index (χ0v) is 13.1. The molecule has 1 rings (SSSR count). The first-order valence-electron chi connectivity index (χ1n) is 6.41. The second-order valence-corrected chi connectivity index (χ2v) is 5.42. The van der Waals surface area contributed by atoms with Gasteiger partial charge in [0.2, 0.25) is 0 Å². The summed E-state index contributed by atoms with van der Waals surface area (Å²) >= 11 is 3.27. The highest BCUT2D eigenvalue weighted by atomic mass is 79.9. The molecular weight excluding hydrogens is 338 g/mol. The van der Waals surface area contributed by atoms with Crippen molar-refractivity contribution < 1.29 is 14.7 Å². The van der Waals surface area contributed by atoms with Gasteiger partial charge in [0.05, 0.1) is 23.2 Å². The largest absolute Gasteiger partial charge is 0.481 e. The molecule has 1 unspecified atom stereocenters. The number of nitriles is 1. The lowest BCUT2D eigenvalue weighted by Crippen LogP contribution is -2.30. The predicted octanol–water partition coefficient (Wildman–Crippen LogP) is 2.94. The van der Waals surface area contributed by atoms with E-state index in [0.717, 1.165) is 0 Å². The fourth-order valence-corrected chi connectivity index (χ4v) is 2.06. The molecule has 1 aromatic rings. The van der Waals surface area contributed by atoms with Crippen LogP contribution in [0.5, 0.6) is 0 Å². The lowest BCUT2D eigenvalue weighted by atomic mass is 10.1. The lowest BCUT2D eigenvalue weighted by Gasteiger charge is -2.10. The summed E-state index contributed by atoms with van der Waals surface area (Å²) in [7, 11) is 0. The molecule has 0 fully saturated rings. The van der Waals surface area contributed by atoms with E-state index in [4.69, 9.17) is 10.4 Å². The van der Waals surface area contributed by atoms with Gasteiger partial charge in [0.1, 0.15) is 0 Å². The topological polar surface area (TPSA) is 102 Å². The average Bonchev–Trinajstić information content (AvgIpc) is 2.45. The van der Waals surface area contributed by atoms with Crippen LogP contribution in [-0.4, -0.2) is 23.7 Å². The molecule has 112 valence electrons. The number of carbonyl (C=O) groups excluding carboxylic acids is 1. The van der Waals surface area contributed by atoms with Crippen molar-refractivity contribution in [1.82, 2.24) is 5.32 Å². The van der Waals surface area contributed by atoms with Gasteiger partial charge in [-0.1, -0.05) is 6.92 Å². The fourth-order valence-electron chi connectivity index (χ4n) is 1.59. The molecule has 2 amide bonds. The van der Waals surface area contributed by atoms with E-state index in [-0.39, 0.29) is 6.03 Å². The summed E-state index contributed by atoms with van der Waals surface area (Å²) in [5.74, 6) is -1.25. The summed E-state index contributed by atoms with van der Waals surface area (Å²) in [6, 6.07) is 6.49. The number of nitrogens with zero attached hydrogens (tertiary/aromatic N) is 1. The first kappa shape index (κ1) is 17.0. The summed E-state index contributed by atoms with van der Waals surface area (Å²) in [5, 5.41) is 22.8. The minimum Gasteiger partial charge on any atom is -0.481 e. The second-order valence-electron chi connectivity index (χ2n) is 4.57. The van der Waals surface area contributed by atoms with Crippen LogP contribution in [-0.2, 0) is 4.79 Å². The van der Waals surface area contributed by atoms with Crippen molar-refractivity contribution in [3.63, 3.8) is 0 Å². The zero-order chi connectivity index (χ0) is 15.8. The smallest absolute Gasteiger partial charge is 0.319 e. The normalized spacial score (nSPS) is 11.3. The van der Waals surface area contributed by atoms with E-state index in [1.54, 1.807) is 25.1 Å². The van der Waals surface area contributed by atoms with Crippen LogP contribution in [0.1, 0.15) is 25.3 Å². The molecular formula is C14H16BrN3O3. The number of benzene rings is 1. The Balaban J connectivity index is 2.38. The van der Waals surface area contributed by atoms with Crippen molar-refractivity contribution in [2.75, 3.05) is 11.9 Å². The Labute approximate surface area is 131 Å². The van der Waals surface area contributed by atoms with Crippen molar-refractivity contribution in [1.29, 1.82) is 5.26 Å². The molecule has 0 saturated heterocycles. The maximum Gasteiger partial charge on any atom is 0.319 e. The fraction of sp³-hybridized carbons (Fsp3) is 0.357. The Morgan fingerprint density at radius 3 is 2.76 bits per heavy atom. The van der Waals surface area contributed by atoms with Gasteiger partial charge < -0.3 is 15.7 Å². The maximum absolute atomic E-state index is 11.7. The van der Waals surface area contributed by atoms with E-state index < -0.39 is 11.9 Å². The lowest BCUT2D eigenvalue weighted by molar-refractivity contribution is -0.141. The third-order valence-electron chi connectivity index (χ3n) is 2.87.